The van der Waals surface area contributed by atoms with Crippen molar-refractivity contribution in [3.8, 4) is 0 Å². The zero-order valence-corrected chi connectivity index (χ0v) is 13.5. The van der Waals surface area contributed by atoms with E-state index in [9.17, 15) is 8.42 Å². The second-order valence-electron chi connectivity index (χ2n) is 4.41. The first-order chi connectivity index (χ1) is 10.0. The van der Waals surface area contributed by atoms with E-state index in [2.05, 4.69) is 20.2 Å². The van der Waals surface area contributed by atoms with Gasteiger partial charge in [-0.2, -0.15) is 5.10 Å². The van der Waals surface area contributed by atoms with Crippen molar-refractivity contribution in [1.82, 2.24) is 20.2 Å². The number of sulfonamides is 1. The number of ether oxygens (including phenoxy) is 2. The number of hydrogen-bond donors (Lipinski definition) is 3. The molecule has 0 atom stereocenters. The maximum atomic E-state index is 12.3. The molecule has 0 fully saturated rings. The minimum absolute atomic E-state index is 0.206. The molecule has 0 aliphatic heterocycles. The van der Waals surface area contributed by atoms with E-state index >= 15 is 0 Å². The Morgan fingerprint density at radius 1 is 1.29 bits per heavy atom. The third kappa shape index (κ3) is 5.71. The minimum atomic E-state index is -3.60. The van der Waals surface area contributed by atoms with Crippen LogP contribution in [0.5, 0.6) is 0 Å². The quantitative estimate of drug-likeness (QED) is 0.486. The van der Waals surface area contributed by atoms with Crippen LogP contribution in [0.3, 0.4) is 0 Å². The van der Waals surface area contributed by atoms with Crippen molar-refractivity contribution in [2.45, 2.75) is 25.3 Å². The van der Waals surface area contributed by atoms with Gasteiger partial charge in [0.15, 0.2) is 0 Å². The van der Waals surface area contributed by atoms with Gasteiger partial charge < -0.3 is 14.8 Å². The van der Waals surface area contributed by atoms with Crippen LogP contribution >= 0.6 is 0 Å². The van der Waals surface area contributed by atoms with Gasteiger partial charge in [-0.1, -0.05) is 6.92 Å². The topological polar surface area (TPSA) is 105 Å². The van der Waals surface area contributed by atoms with E-state index in [4.69, 9.17) is 9.47 Å². The number of aromatic amines is 1. The fraction of sp³-hybridized carbons (Fsp3) is 0.750. The molecule has 1 aromatic rings. The molecule has 0 amide bonds. The molecule has 0 radical (unpaired) electrons. The highest BCUT2D eigenvalue weighted by molar-refractivity contribution is 7.89. The first-order valence-corrected chi connectivity index (χ1v) is 8.32. The molecule has 1 rings (SSSR count). The van der Waals surface area contributed by atoms with E-state index in [0.717, 1.165) is 6.54 Å². The van der Waals surface area contributed by atoms with Gasteiger partial charge in [0.25, 0.3) is 0 Å². The molecule has 21 heavy (non-hydrogen) atoms. The molecule has 0 spiro atoms. The fourth-order valence-corrected chi connectivity index (χ4v) is 3.13. The molecule has 1 heterocycles. The summed E-state index contributed by atoms with van der Waals surface area (Å²) in [6.07, 6.45) is 0. The molecular formula is C12H24N4O4S. The van der Waals surface area contributed by atoms with E-state index in [-0.39, 0.29) is 11.4 Å². The lowest BCUT2D eigenvalue weighted by Gasteiger charge is -2.09. The molecule has 0 aromatic carbocycles. The Balaban J connectivity index is 2.59. The van der Waals surface area contributed by atoms with Gasteiger partial charge >= 0.3 is 0 Å². The molecule has 8 nitrogen and oxygen atoms in total. The van der Waals surface area contributed by atoms with Crippen LogP contribution in [0.25, 0.3) is 0 Å². The lowest BCUT2D eigenvalue weighted by molar-refractivity contribution is 0.0736. The summed E-state index contributed by atoms with van der Waals surface area (Å²) in [4.78, 5) is 0.209. The molecule has 1 aromatic heterocycles. The van der Waals surface area contributed by atoms with E-state index in [1.54, 1.807) is 14.0 Å². The zero-order chi connectivity index (χ0) is 15.7. The second-order valence-corrected chi connectivity index (χ2v) is 6.11. The van der Waals surface area contributed by atoms with Gasteiger partial charge in [-0.05, 0) is 13.5 Å². The van der Waals surface area contributed by atoms with Gasteiger partial charge in [0.1, 0.15) is 4.90 Å². The van der Waals surface area contributed by atoms with Crippen LogP contribution in [0.2, 0.25) is 0 Å². The van der Waals surface area contributed by atoms with Gasteiger partial charge in [-0.3, -0.25) is 5.10 Å². The van der Waals surface area contributed by atoms with Crippen LogP contribution < -0.4 is 10.0 Å². The Bertz CT molecular complexity index is 515. The SMILES string of the molecule is CCNCc1n[nH]c(C)c1S(=O)(=O)NCCOCCOC. The van der Waals surface area contributed by atoms with Crippen LogP contribution in [0.15, 0.2) is 4.90 Å². The van der Waals surface area contributed by atoms with Crippen molar-refractivity contribution in [1.29, 1.82) is 0 Å². The van der Waals surface area contributed by atoms with Crippen molar-refractivity contribution < 1.29 is 17.9 Å². The molecule has 0 saturated carbocycles. The minimum Gasteiger partial charge on any atom is -0.382 e. The third-order valence-electron chi connectivity index (χ3n) is 2.74. The predicted octanol–water partition coefficient (Wildman–Crippen LogP) is -0.231. The van der Waals surface area contributed by atoms with E-state index in [0.29, 0.717) is 37.8 Å². The Hall–Kier alpha value is -1.00. The first-order valence-electron chi connectivity index (χ1n) is 6.83. The van der Waals surface area contributed by atoms with Crippen LogP contribution in [0.1, 0.15) is 18.3 Å². The summed E-state index contributed by atoms with van der Waals surface area (Å²) in [7, 11) is -2.01. The van der Waals surface area contributed by atoms with E-state index in [1.165, 1.54) is 0 Å². The Morgan fingerprint density at radius 2 is 2.05 bits per heavy atom. The van der Waals surface area contributed by atoms with Crippen molar-refractivity contribution in [3.05, 3.63) is 11.4 Å². The first kappa shape index (κ1) is 18.1. The standard InChI is InChI=1S/C12H24N4O4S/c1-4-13-9-11-12(10(2)15-16-11)21(17,18)14-5-6-20-8-7-19-3/h13-14H,4-9H2,1-3H3,(H,15,16). The number of aromatic nitrogens is 2. The maximum Gasteiger partial charge on any atom is 0.244 e. The number of nitrogens with one attached hydrogen (secondary N) is 3. The highest BCUT2D eigenvalue weighted by Crippen LogP contribution is 2.17. The average Bonchev–Trinajstić information content (AvgIpc) is 2.82. The van der Waals surface area contributed by atoms with Crippen LogP contribution in [-0.2, 0) is 26.0 Å². The average molecular weight is 320 g/mol. The van der Waals surface area contributed by atoms with Gasteiger partial charge in [-0.25, -0.2) is 13.1 Å². The molecule has 0 aliphatic carbocycles. The highest BCUT2D eigenvalue weighted by atomic mass is 32.2. The molecule has 3 N–H and O–H groups in total. The van der Waals surface area contributed by atoms with Crippen LogP contribution in [0, 0.1) is 6.92 Å². The van der Waals surface area contributed by atoms with Crippen molar-refractivity contribution >= 4 is 10.0 Å². The Labute approximate surface area is 125 Å². The number of aryl methyl sites for hydroxylation is 1. The Kier molecular flexibility index (Phi) is 7.83. The van der Waals surface area contributed by atoms with Crippen molar-refractivity contribution in [2.24, 2.45) is 0 Å². The molecule has 9 heteroatoms. The summed E-state index contributed by atoms with van der Waals surface area (Å²) in [6, 6.07) is 0. The van der Waals surface area contributed by atoms with Gasteiger partial charge in [0.2, 0.25) is 10.0 Å². The second kappa shape index (κ2) is 9.11. The summed E-state index contributed by atoms with van der Waals surface area (Å²) in [6.45, 7) is 6.21. The smallest absolute Gasteiger partial charge is 0.244 e. The highest BCUT2D eigenvalue weighted by Gasteiger charge is 2.23. The van der Waals surface area contributed by atoms with Crippen molar-refractivity contribution in [2.75, 3.05) is 40.0 Å². The van der Waals surface area contributed by atoms with E-state index in [1.807, 2.05) is 6.92 Å². The monoisotopic (exact) mass is 320 g/mol. The number of rotatable bonds is 11. The van der Waals surface area contributed by atoms with Crippen LogP contribution in [0.4, 0.5) is 0 Å². The molecule has 0 unspecified atom stereocenters. The number of hydrogen-bond acceptors (Lipinski definition) is 6. The normalized spacial score (nSPS) is 12.0. The van der Waals surface area contributed by atoms with Gasteiger partial charge in [-0.15, -0.1) is 0 Å². The number of nitrogens with zero attached hydrogens (tertiary/aromatic N) is 1. The summed E-state index contributed by atoms with van der Waals surface area (Å²) in [5.74, 6) is 0. The summed E-state index contributed by atoms with van der Waals surface area (Å²) < 4.78 is 37.2. The number of H-pyrrole nitrogens is 1. The molecule has 122 valence electrons. The zero-order valence-electron chi connectivity index (χ0n) is 12.7. The molecule has 0 bridgehead atoms. The summed E-state index contributed by atoms with van der Waals surface area (Å²) in [5.41, 5.74) is 1.01. The molecular weight excluding hydrogens is 296 g/mol. The van der Waals surface area contributed by atoms with Gasteiger partial charge in [0.05, 0.1) is 31.2 Å². The van der Waals surface area contributed by atoms with Crippen molar-refractivity contribution in [3.63, 3.8) is 0 Å². The third-order valence-corrected chi connectivity index (χ3v) is 4.41. The van der Waals surface area contributed by atoms with Gasteiger partial charge in [0, 0.05) is 20.2 Å². The molecule has 0 saturated heterocycles. The lowest BCUT2D eigenvalue weighted by atomic mass is 10.3. The largest absolute Gasteiger partial charge is 0.382 e. The fourth-order valence-electron chi connectivity index (χ4n) is 1.75. The number of methoxy groups -OCH3 is 1. The Morgan fingerprint density at radius 3 is 2.71 bits per heavy atom. The molecule has 0 aliphatic rings. The lowest BCUT2D eigenvalue weighted by Crippen LogP contribution is -2.29. The summed E-state index contributed by atoms with van der Waals surface area (Å²) in [5, 5.41) is 9.81. The maximum absolute atomic E-state index is 12.3. The summed E-state index contributed by atoms with van der Waals surface area (Å²) >= 11 is 0. The predicted molar refractivity (Wildman–Crippen MR) is 78.6 cm³/mol. The van der Waals surface area contributed by atoms with Crippen LogP contribution in [-0.4, -0.2) is 58.6 Å². The van der Waals surface area contributed by atoms with E-state index < -0.39 is 10.0 Å².